The molecular weight excluding hydrogens is 146 g/mol. The van der Waals surface area contributed by atoms with Crippen LogP contribution in [0.15, 0.2) is 24.3 Å². The molecule has 1 rings (SSSR count). The van der Waals surface area contributed by atoms with Gasteiger partial charge in [0.05, 0.1) is 0 Å². The summed E-state index contributed by atoms with van der Waals surface area (Å²) in [5.74, 6) is -1.61. The van der Waals surface area contributed by atoms with Gasteiger partial charge in [0.25, 0.3) is 0 Å². The Hall–Kier alpha value is -1.18. The van der Waals surface area contributed by atoms with Crippen LogP contribution in [0.3, 0.4) is 0 Å². The van der Waals surface area contributed by atoms with E-state index in [1.54, 1.807) is 12.2 Å². The van der Waals surface area contributed by atoms with Gasteiger partial charge in [0.15, 0.2) is 11.6 Å². The number of benzene rings is 1. The molecule has 11 heavy (non-hydrogen) atoms. The Balaban J connectivity index is 3.05. The highest BCUT2D eigenvalue weighted by molar-refractivity contribution is 5.48. The van der Waals surface area contributed by atoms with Crippen molar-refractivity contribution in [1.82, 2.24) is 0 Å². The van der Waals surface area contributed by atoms with Gasteiger partial charge in [-0.15, -0.1) is 0 Å². The predicted molar refractivity (Wildman–Crippen MR) is 41.1 cm³/mol. The van der Waals surface area contributed by atoms with Crippen molar-refractivity contribution >= 4 is 6.08 Å². The Bertz CT molecular complexity index is 277. The van der Waals surface area contributed by atoms with Crippen LogP contribution in [0, 0.1) is 11.6 Å². The Morgan fingerprint density at radius 3 is 2.45 bits per heavy atom. The topological polar surface area (TPSA) is 0 Å². The smallest absolute Gasteiger partial charge is 0.159 e. The van der Waals surface area contributed by atoms with Crippen molar-refractivity contribution in [1.29, 1.82) is 0 Å². The number of halogens is 2. The molecule has 0 bridgehead atoms. The third-order valence-corrected chi connectivity index (χ3v) is 1.30. The van der Waals surface area contributed by atoms with E-state index in [1.165, 1.54) is 6.07 Å². The Labute approximate surface area is 64.2 Å². The molecule has 0 aliphatic rings. The summed E-state index contributed by atoms with van der Waals surface area (Å²) in [6.45, 7) is 1.82. The molecule has 0 nitrogen and oxygen atoms in total. The van der Waals surface area contributed by atoms with Crippen LogP contribution in [0.1, 0.15) is 12.5 Å². The zero-order valence-corrected chi connectivity index (χ0v) is 6.14. The fourth-order valence-electron chi connectivity index (χ4n) is 0.809. The van der Waals surface area contributed by atoms with Crippen LogP contribution in [-0.2, 0) is 0 Å². The SMILES string of the molecule is CC=Cc1ccc(F)c(F)c1. The summed E-state index contributed by atoms with van der Waals surface area (Å²) >= 11 is 0. The van der Waals surface area contributed by atoms with Crippen molar-refractivity contribution in [2.45, 2.75) is 6.92 Å². The lowest BCUT2D eigenvalue weighted by Gasteiger charge is -1.93. The van der Waals surface area contributed by atoms with Gasteiger partial charge in [-0.1, -0.05) is 18.2 Å². The summed E-state index contributed by atoms with van der Waals surface area (Å²) in [6.07, 6.45) is 3.48. The van der Waals surface area contributed by atoms with Gasteiger partial charge in [0.2, 0.25) is 0 Å². The minimum absolute atomic E-state index is 0.673. The normalized spacial score (nSPS) is 10.8. The van der Waals surface area contributed by atoms with Gasteiger partial charge in [-0.05, 0) is 24.6 Å². The highest BCUT2D eigenvalue weighted by atomic mass is 19.2. The fraction of sp³-hybridized carbons (Fsp3) is 0.111. The van der Waals surface area contributed by atoms with Gasteiger partial charge >= 0.3 is 0 Å². The summed E-state index contributed by atoms with van der Waals surface area (Å²) in [5.41, 5.74) is 0.673. The van der Waals surface area contributed by atoms with Crippen LogP contribution in [0.25, 0.3) is 6.08 Å². The minimum Gasteiger partial charge on any atom is -0.204 e. The van der Waals surface area contributed by atoms with E-state index in [0.29, 0.717) is 5.56 Å². The largest absolute Gasteiger partial charge is 0.204 e. The molecule has 1 aromatic carbocycles. The maximum Gasteiger partial charge on any atom is 0.159 e. The van der Waals surface area contributed by atoms with E-state index in [0.717, 1.165) is 12.1 Å². The molecule has 0 spiro atoms. The molecule has 0 fully saturated rings. The minimum atomic E-state index is -0.807. The molecule has 0 heterocycles. The summed E-state index contributed by atoms with van der Waals surface area (Å²) in [4.78, 5) is 0. The molecule has 0 aliphatic carbocycles. The van der Waals surface area contributed by atoms with Crippen LogP contribution in [0.2, 0.25) is 0 Å². The highest BCUT2D eigenvalue weighted by Crippen LogP contribution is 2.09. The first-order valence-corrected chi connectivity index (χ1v) is 3.32. The van der Waals surface area contributed by atoms with Gasteiger partial charge in [-0.3, -0.25) is 0 Å². The molecule has 1 aromatic rings. The summed E-state index contributed by atoms with van der Waals surface area (Å²) < 4.78 is 24.8. The van der Waals surface area contributed by atoms with Crippen molar-refractivity contribution < 1.29 is 8.78 Å². The zero-order chi connectivity index (χ0) is 8.27. The van der Waals surface area contributed by atoms with Crippen LogP contribution < -0.4 is 0 Å². The molecule has 0 saturated carbocycles. The van der Waals surface area contributed by atoms with Crippen molar-refractivity contribution in [3.63, 3.8) is 0 Å². The third-order valence-electron chi connectivity index (χ3n) is 1.30. The Morgan fingerprint density at radius 2 is 1.91 bits per heavy atom. The molecule has 0 radical (unpaired) electrons. The average Bonchev–Trinajstić information content (AvgIpc) is 1.98. The maximum atomic E-state index is 12.5. The lowest BCUT2D eigenvalue weighted by atomic mass is 10.2. The van der Waals surface area contributed by atoms with E-state index in [9.17, 15) is 8.78 Å². The van der Waals surface area contributed by atoms with Crippen LogP contribution in [-0.4, -0.2) is 0 Å². The maximum absolute atomic E-state index is 12.5. The molecule has 0 aliphatic heterocycles. The first kappa shape index (κ1) is 7.92. The lowest BCUT2D eigenvalue weighted by molar-refractivity contribution is 0.508. The second-order valence-electron chi connectivity index (χ2n) is 2.17. The van der Waals surface area contributed by atoms with E-state index in [4.69, 9.17) is 0 Å². The molecule has 0 aromatic heterocycles. The molecule has 2 heteroatoms. The van der Waals surface area contributed by atoms with E-state index in [1.807, 2.05) is 6.92 Å². The third kappa shape index (κ3) is 1.87. The zero-order valence-electron chi connectivity index (χ0n) is 6.14. The monoisotopic (exact) mass is 154 g/mol. The molecule has 0 N–H and O–H groups in total. The van der Waals surface area contributed by atoms with Gasteiger partial charge in [0.1, 0.15) is 0 Å². The average molecular weight is 154 g/mol. The van der Waals surface area contributed by atoms with E-state index in [-0.39, 0.29) is 0 Å². The van der Waals surface area contributed by atoms with E-state index in [2.05, 4.69) is 0 Å². The summed E-state index contributed by atoms with van der Waals surface area (Å²) in [7, 11) is 0. The van der Waals surface area contributed by atoms with Crippen LogP contribution >= 0.6 is 0 Å². The molecule has 0 amide bonds. The van der Waals surface area contributed by atoms with E-state index < -0.39 is 11.6 Å². The molecule has 0 atom stereocenters. The van der Waals surface area contributed by atoms with Gasteiger partial charge in [0, 0.05) is 0 Å². The number of rotatable bonds is 1. The first-order chi connectivity index (χ1) is 5.24. The van der Waals surface area contributed by atoms with Gasteiger partial charge in [-0.2, -0.15) is 0 Å². The molecule has 0 saturated heterocycles. The Kier molecular flexibility index (Phi) is 2.36. The molecular formula is C9H8F2. The molecule has 58 valence electrons. The van der Waals surface area contributed by atoms with Gasteiger partial charge < -0.3 is 0 Å². The van der Waals surface area contributed by atoms with Crippen molar-refractivity contribution in [3.8, 4) is 0 Å². The number of allylic oxidation sites excluding steroid dienone is 1. The van der Waals surface area contributed by atoms with Crippen LogP contribution in [0.4, 0.5) is 8.78 Å². The highest BCUT2D eigenvalue weighted by Gasteiger charge is 1.98. The first-order valence-electron chi connectivity index (χ1n) is 3.32. The standard InChI is InChI=1S/C9H8F2/c1-2-3-7-4-5-8(10)9(11)6-7/h2-6H,1H3. The second kappa shape index (κ2) is 3.28. The van der Waals surface area contributed by atoms with Gasteiger partial charge in [-0.25, -0.2) is 8.78 Å². The quantitative estimate of drug-likeness (QED) is 0.583. The van der Waals surface area contributed by atoms with Crippen molar-refractivity contribution in [2.24, 2.45) is 0 Å². The van der Waals surface area contributed by atoms with E-state index >= 15 is 0 Å². The van der Waals surface area contributed by atoms with Crippen molar-refractivity contribution in [3.05, 3.63) is 41.5 Å². The fourth-order valence-corrected chi connectivity index (χ4v) is 0.809. The second-order valence-corrected chi connectivity index (χ2v) is 2.17. The summed E-state index contributed by atoms with van der Waals surface area (Å²) in [6, 6.07) is 3.80. The predicted octanol–water partition coefficient (Wildman–Crippen LogP) is 3.00. The van der Waals surface area contributed by atoms with Crippen molar-refractivity contribution in [2.75, 3.05) is 0 Å². The number of hydrogen-bond acceptors (Lipinski definition) is 0. The molecule has 0 unspecified atom stereocenters. The Morgan fingerprint density at radius 1 is 1.18 bits per heavy atom. The van der Waals surface area contributed by atoms with Crippen LogP contribution in [0.5, 0.6) is 0 Å². The number of hydrogen-bond donors (Lipinski definition) is 0. The summed E-state index contributed by atoms with van der Waals surface area (Å²) in [5, 5.41) is 0. The lowest BCUT2D eigenvalue weighted by Crippen LogP contribution is -1.83.